The van der Waals surface area contributed by atoms with E-state index in [1.807, 2.05) is 12.1 Å². The van der Waals surface area contributed by atoms with Gasteiger partial charge >= 0.3 is 0 Å². The summed E-state index contributed by atoms with van der Waals surface area (Å²) >= 11 is 3.49. The molecule has 1 aromatic carbocycles. The first-order chi connectivity index (χ1) is 6.30. The van der Waals surface area contributed by atoms with Crippen molar-refractivity contribution in [1.82, 2.24) is 5.32 Å². The highest BCUT2D eigenvalue weighted by molar-refractivity contribution is 9.10. The van der Waals surface area contributed by atoms with Crippen LogP contribution in [0.5, 0.6) is 5.75 Å². The van der Waals surface area contributed by atoms with Gasteiger partial charge in [-0.25, -0.2) is 0 Å². The van der Waals surface area contributed by atoms with Crippen molar-refractivity contribution in [3.63, 3.8) is 0 Å². The molecule has 68 valence electrons. The monoisotopic (exact) mass is 239 g/mol. The van der Waals surface area contributed by atoms with Crippen molar-refractivity contribution in [3.8, 4) is 5.75 Å². The zero-order valence-electron chi connectivity index (χ0n) is 7.14. The van der Waals surface area contributed by atoms with E-state index in [1.54, 1.807) is 0 Å². The van der Waals surface area contributed by atoms with Crippen LogP contribution in [0.2, 0.25) is 0 Å². The lowest BCUT2D eigenvalue weighted by Crippen LogP contribution is -2.55. The molecule has 0 bridgehead atoms. The Hall–Kier alpha value is -0.540. The van der Waals surface area contributed by atoms with Crippen LogP contribution < -0.4 is 10.1 Å². The van der Waals surface area contributed by atoms with E-state index in [0.717, 1.165) is 23.4 Å². The zero-order chi connectivity index (χ0) is 8.89. The molecule has 3 rings (SSSR count). The minimum Gasteiger partial charge on any atom is -0.491 e. The highest BCUT2D eigenvalue weighted by atomic mass is 79.9. The Morgan fingerprint density at radius 3 is 3.00 bits per heavy atom. The lowest BCUT2D eigenvalue weighted by Gasteiger charge is -2.38. The third-order valence-corrected chi connectivity index (χ3v) is 3.44. The lowest BCUT2D eigenvalue weighted by molar-refractivity contribution is 0.154. The van der Waals surface area contributed by atoms with Crippen LogP contribution in [-0.4, -0.2) is 13.2 Å². The normalized spacial score (nSPS) is 29.6. The molecule has 1 N–H and O–H groups in total. The standard InChI is InChI=1S/C10H10BrNO/c11-7-1-2-9-8(5-7)10(6-13-9)3-4-12-10/h1-2,5,12H,3-4,6H2/t10-/m1/s1. The lowest BCUT2D eigenvalue weighted by atomic mass is 9.83. The van der Waals surface area contributed by atoms with E-state index < -0.39 is 0 Å². The van der Waals surface area contributed by atoms with Crippen molar-refractivity contribution >= 4 is 15.9 Å². The minimum atomic E-state index is 0.138. The molecular weight excluding hydrogens is 230 g/mol. The number of halogens is 1. The Bertz CT molecular complexity index is 360. The van der Waals surface area contributed by atoms with Crippen LogP contribution in [0.25, 0.3) is 0 Å². The molecule has 1 atom stereocenters. The third kappa shape index (κ3) is 0.973. The summed E-state index contributed by atoms with van der Waals surface area (Å²) in [6.07, 6.45) is 1.19. The summed E-state index contributed by atoms with van der Waals surface area (Å²) in [6, 6.07) is 6.22. The first-order valence-electron chi connectivity index (χ1n) is 4.48. The first-order valence-corrected chi connectivity index (χ1v) is 5.27. The predicted octanol–water partition coefficient (Wildman–Crippen LogP) is 2.03. The van der Waals surface area contributed by atoms with Crippen molar-refractivity contribution in [1.29, 1.82) is 0 Å². The van der Waals surface area contributed by atoms with E-state index in [1.165, 1.54) is 12.0 Å². The largest absolute Gasteiger partial charge is 0.491 e. The number of ether oxygens (including phenoxy) is 1. The van der Waals surface area contributed by atoms with Gasteiger partial charge in [0.15, 0.2) is 0 Å². The van der Waals surface area contributed by atoms with Crippen LogP contribution in [0.1, 0.15) is 12.0 Å². The average Bonchev–Trinajstić information content (AvgIpc) is 2.41. The molecule has 2 nitrogen and oxygen atoms in total. The van der Waals surface area contributed by atoms with E-state index in [2.05, 4.69) is 27.3 Å². The molecule has 1 fully saturated rings. The van der Waals surface area contributed by atoms with Crippen molar-refractivity contribution in [2.75, 3.05) is 13.2 Å². The van der Waals surface area contributed by atoms with Gasteiger partial charge in [-0.05, 0) is 31.2 Å². The van der Waals surface area contributed by atoms with Gasteiger partial charge < -0.3 is 10.1 Å². The molecule has 1 aromatic rings. The Labute approximate surface area is 85.4 Å². The smallest absolute Gasteiger partial charge is 0.124 e. The summed E-state index contributed by atoms with van der Waals surface area (Å²) < 4.78 is 6.76. The van der Waals surface area contributed by atoms with Gasteiger partial charge in [-0.1, -0.05) is 15.9 Å². The minimum absolute atomic E-state index is 0.138. The summed E-state index contributed by atoms with van der Waals surface area (Å²) in [4.78, 5) is 0. The quantitative estimate of drug-likeness (QED) is 0.749. The number of hydrogen-bond acceptors (Lipinski definition) is 2. The highest BCUT2D eigenvalue weighted by Gasteiger charge is 2.45. The maximum absolute atomic E-state index is 5.63. The molecule has 0 saturated carbocycles. The van der Waals surface area contributed by atoms with Crippen LogP contribution in [0, 0.1) is 0 Å². The van der Waals surface area contributed by atoms with Gasteiger partial charge in [0.1, 0.15) is 12.4 Å². The van der Waals surface area contributed by atoms with Gasteiger partial charge in [-0.2, -0.15) is 0 Å². The van der Waals surface area contributed by atoms with E-state index in [0.29, 0.717) is 0 Å². The second-order valence-corrected chi connectivity index (χ2v) is 4.60. The van der Waals surface area contributed by atoms with Crippen LogP contribution in [-0.2, 0) is 5.54 Å². The van der Waals surface area contributed by atoms with E-state index >= 15 is 0 Å². The van der Waals surface area contributed by atoms with Crippen LogP contribution in [0.15, 0.2) is 22.7 Å². The van der Waals surface area contributed by atoms with Crippen LogP contribution in [0.3, 0.4) is 0 Å². The highest BCUT2D eigenvalue weighted by Crippen LogP contribution is 2.43. The number of hydrogen-bond donors (Lipinski definition) is 1. The molecule has 2 aliphatic rings. The molecule has 0 radical (unpaired) electrons. The fourth-order valence-electron chi connectivity index (χ4n) is 2.06. The second kappa shape index (κ2) is 2.49. The number of nitrogens with one attached hydrogen (secondary N) is 1. The van der Waals surface area contributed by atoms with Gasteiger partial charge in [-0.15, -0.1) is 0 Å². The molecule has 3 heteroatoms. The van der Waals surface area contributed by atoms with E-state index in [-0.39, 0.29) is 5.54 Å². The summed E-state index contributed by atoms with van der Waals surface area (Å²) in [5.74, 6) is 1.04. The maximum Gasteiger partial charge on any atom is 0.124 e. The van der Waals surface area contributed by atoms with Crippen molar-refractivity contribution < 1.29 is 4.74 Å². The van der Waals surface area contributed by atoms with Gasteiger partial charge in [-0.3, -0.25) is 0 Å². The van der Waals surface area contributed by atoms with Crippen LogP contribution in [0.4, 0.5) is 0 Å². The number of benzene rings is 1. The fourth-order valence-corrected chi connectivity index (χ4v) is 2.42. The second-order valence-electron chi connectivity index (χ2n) is 3.69. The Morgan fingerprint density at radius 2 is 2.31 bits per heavy atom. The van der Waals surface area contributed by atoms with Gasteiger partial charge in [0.2, 0.25) is 0 Å². The molecular formula is C10H10BrNO. The number of fused-ring (bicyclic) bond motifs is 2. The fraction of sp³-hybridized carbons (Fsp3) is 0.400. The van der Waals surface area contributed by atoms with Crippen molar-refractivity contribution in [2.24, 2.45) is 0 Å². The third-order valence-electron chi connectivity index (χ3n) is 2.95. The average molecular weight is 240 g/mol. The Kier molecular flexibility index (Phi) is 1.50. The molecule has 0 aromatic heterocycles. The molecule has 13 heavy (non-hydrogen) atoms. The first kappa shape index (κ1) is 7.83. The molecule has 0 aliphatic carbocycles. The molecule has 1 spiro atoms. The summed E-state index contributed by atoms with van der Waals surface area (Å²) in [5, 5.41) is 3.46. The van der Waals surface area contributed by atoms with Crippen molar-refractivity contribution in [3.05, 3.63) is 28.2 Å². The summed E-state index contributed by atoms with van der Waals surface area (Å²) in [6.45, 7) is 1.90. The summed E-state index contributed by atoms with van der Waals surface area (Å²) in [7, 11) is 0. The van der Waals surface area contributed by atoms with Gasteiger partial charge in [0, 0.05) is 10.0 Å². The molecule has 2 heterocycles. The predicted molar refractivity (Wildman–Crippen MR) is 53.9 cm³/mol. The number of rotatable bonds is 0. The molecule has 1 saturated heterocycles. The summed E-state index contributed by atoms with van der Waals surface area (Å²) in [5.41, 5.74) is 1.45. The Balaban J connectivity index is 2.14. The zero-order valence-corrected chi connectivity index (χ0v) is 8.73. The molecule has 0 unspecified atom stereocenters. The van der Waals surface area contributed by atoms with Crippen molar-refractivity contribution in [2.45, 2.75) is 12.0 Å². The van der Waals surface area contributed by atoms with E-state index in [4.69, 9.17) is 4.74 Å². The maximum atomic E-state index is 5.63. The topological polar surface area (TPSA) is 21.3 Å². The molecule has 2 aliphatic heterocycles. The SMILES string of the molecule is Brc1ccc2c(c1)[C@@]1(CCN1)CO2. The van der Waals surface area contributed by atoms with Crippen LogP contribution >= 0.6 is 15.9 Å². The van der Waals surface area contributed by atoms with Gasteiger partial charge in [0.05, 0.1) is 5.54 Å². The molecule has 0 amide bonds. The van der Waals surface area contributed by atoms with E-state index in [9.17, 15) is 0 Å². The Morgan fingerprint density at radius 1 is 1.46 bits per heavy atom. The van der Waals surface area contributed by atoms with Gasteiger partial charge in [0.25, 0.3) is 0 Å².